The quantitative estimate of drug-likeness (QED) is 0.772. The number of piperidine rings is 1. The van der Waals surface area contributed by atoms with Gasteiger partial charge in [-0.25, -0.2) is 0 Å². The molecule has 1 aliphatic rings. The van der Waals surface area contributed by atoms with E-state index in [0.29, 0.717) is 24.6 Å². The molecule has 98 valence electrons. The number of aryl methyl sites for hydroxylation is 1. The zero-order chi connectivity index (χ0) is 13.3. The van der Waals surface area contributed by atoms with Crippen LogP contribution in [0.3, 0.4) is 0 Å². The summed E-state index contributed by atoms with van der Waals surface area (Å²) in [7, 11) is 1.66. The number of hydrogen-bond acceptors (Lipinski definition) is 3. The fraction of sp³-hybridized carbons (Fsp3) is 0.538. The van der Waals surface area contributed by atoms with E-state index in [4.69, 9.17) is 5.73 Å². The molecule has 1 aliphatic heterocycles. The molecule has 1 amide bonds. The fourth-order valence-corrected chi connectivity index (χ4v) is 2.43. The minimum Gasteiger partial charge on any atom is -0.337 e. The zero-order valence-corrected chi connectivity index (χ0v) is 10.8. The lowest BCUT2D eigenvalue weighted by Gasteiger charge is -2.34. The van der Waals surface area contributed by atoms with Crippen LogP contribution in [0.4, 0.5) is 0 Å². The minimum atomic E-state index is -0.171. The van der Waals surface area contributed by atoms with E-state index < -0.39 is 0 Å². The molecule has 5 heteroatoms. The molecule has 1 aromatic heterocycles. The van der Waals surface area contributed by atoms with Crippen LogP contribution >= 0.6 is 0 Å². The van der Waals surface area contributed by atoms with Crippen molar-refractivity contribution in [3.63, 3.8) is 0 Å². The maximum atomic E-state index is 12.3. The van der Waals surface area contributed by atoms with Crippen LogP contribution in [0.1, 0.15) is 23.7 Å². The van der Waals surface area contributed by atoms with E-state index >= 15 is 0 Å². The number of rotatable bonds is 1. The summed E-state index contributed by atoms with van der Waals surface area (Å²) in [6.07, 6.45) is 2.56. The second-order valence-corrected chi connectivity index (χ2v) is 5.18. The number of pyridine rings is 1. The van der Waals surface area contributed by atoms with Crippen molar-refractivity contribution in [2.75, 3.05) is 13.1 Å². The minimum absolute atomic E-state index is 0.0317. The van der Waals surface area contributed by atoms with Crippen molar-refractivity contribution in [1.82, 2.24) is 9.47 Å². The Hall–Kier alpha value is -1.62. The number of carbonyl (C=O) groups is 1. The number of carbonyl (C=O) groups excluding carboxylic acids is 1. The molecule has 2 unspecified atom stereocenters. The lowest BCUT2D eigenvalue weighted by Crippen LogP contribution is -2.49. The fourth-order valence-electron chi connectivity index (χ4n) is 2.43. The molecule has 0 aliphatic carbocycles. The van der Waals surface area contributed by atoms with Crippen molar-refractivity contribution < 1.29 is 4.79 Å². The second-order valence-electron chi connectivity index (χ2n) is 5.18. The average molecular weight is 249 g/mol. The third-order valence-corrected chi connectivity index (χ3v) is 3.33. The largest absolute Gasteiger partial charge is 0.337 e. The Kier molecular flexibility index (Phi) is 3.52. The molecule has 0 bridgehead atoms. The van der Waals surface area contributed by atoms with E-state index in [2.05, 4.69) is 6.92 Å². The first-order valence-electron chi connectivity index (χ1n) is 6.19. The Balaban J connectivity index is 2.20. The van der Waals surface area contributed by atoms with Crippen molar-refractivity contribution >= 4 is 5.91 Å². The zero-order valence-electron chi connectivity index (χ0n) is 10.8. The summed E-state index contributed by atoms with van der Waals surface area (Å²) in [6.45, 7) is 3.36. The van der Waals surface area contributed by atoms with Crippen LogP contribution in [0.5, 0.6) is 0 Å². The van der Waals surface area contributed by atoms with Gasteiger partial charge in [0.1, 0.15) is 0 Å². The summed E-state index contributed by atoms with van der Waals surface area (Å²) >= 11 is 0. The number of aromatic nitrogens is 1. The lowest BCUT2D eigenvalue weighted by atomic mass is 9.96. The predicted octanol–water partition coefficient (Wildman–Crippen LogP) is 0.195. The van der Waals surface area contributed by atoms with Gasteiger partial charge in [0, 0.05) is 44.0 Å². The molecule has 0 saturated carbocycles. The molecule has 0 aromatic carbocycles. The van der Waals surface area contributed by atoms with E-state index in [0.717, 1.165) is 6.42 Å². The maximum Gasteiger partial charge on any atom is 0.254 e. The van der Waals surface area contributed by atoms with E-state index in [1.807, 2.05) is 0 Å². The van der Waals surface area contributed by atoms with Crippen LogP contribution < -0.4 is 11.3 Å². The van der Waals surface area contributed by atoms with E-state index in [1.165, 1.54) is 10.6 Å². The van der Waals surface area contributed by atoms with Crippen molar-refractivity contribution in [3.8, 4) is 0 Å². The summed E-state index contributed by atoms with van der Waals surface area (Å²) < 4.78 is 1.45. The highest BCUT2D eigenvalue weighted by Gasteiger charge is 2.26. The summed E-state index contributed by atoms with van der Waals surface area (Å²) in [6, 6.07) is 3.09. The topological polar surface area (TPSA) is 68.3 Å². The van der Waals surface area contributed by atoms with Gasteiger partial charge < -0.3 is 15.2 Å². The molecule has 0 radical (unpaired) electrons. The second kappa shape index (κ2) is 4.94. The molecule has 2 rings (SSSR count). The third kappa shape index (κ3) is 2.61. The highest BCUT2D eigenvalue weighted by molar-refractivity contribution is 5.94. The smallest absolute Gasteiger partial charge is 0.254 e. The molecule has 1 fully saturated rings. The first-order chi connectivity index (χ1) is 8.47. The van der Waals surface area contributed by atoms with Gasteiger partial charge in [-0.2, -0.15) is 0 Å². The molecule has 1 saturated heterocycles. The van der Waals surface area contributed by atoms with Crippen molar-refractivity contribution in [2.45, 2.75) is 19.4 Å². The van der Waals surface area contributed by atoms with Gasteiger partial charge in [0.15, 0.2) is 0 Å². The average Bonchev–Trinajstić information content (AvgIpc) is 2.30. The van der Waals surface area contributed by atoms with Crippen LogP contribution in [-0.2, 0) is 7.05 Å². The van der Waals surface area contributed by atoms with Crippen molar-refractivity contribution in [3.05, 3.63) is 34.2 Å². The lowest BCUT2D eigenvalue weighted by molar-refractivity contribution is 0.0660. The Morgan fingerprint density at radius 3 is 2.78 bits per heavy atom. The van der Waals surface area contributed by atoms with Gasteiger partial charge in [-0.1, -0.05) is 6.92 Å². The molecule has 2 heterocycles. The Bertz CT molecular complexity index is 499. The molecule has 1 aromatic rings. The maximum absolute atomic E-state index is 12.3. The van der Waals surface area contributed by atoms with E-state index in [-0.39, 0.29) is 17.5 Å². The standard InChI is InChI=1S/C13H19N3O2/c1-9-5-11(14)8-16(7-9)13(18)10-3-4-15(2)12(17)6-10/h3-4,6,9,11H,5,7-8,14H2,1-2H3. The van der Waals surface area contributed by atoms with Crippen LogP contribution in [0, 0.1) is 5.92 Å². The van der Waals surface area contributed by atoms with E-state index in [9.17, 15) is 9.59 Å². The third-order valence-electron chi connectivity index (χ3n) is 3.33. The summed E-state index contributed by atoms with van der Waals surface area (Å²) in [5.41, 5.74) is 6.20. The number of nitrogens with two attached hydrogens (primary N) is 1. The van der Waals surface area contributed by atoms with Crippen LogP contribution in [0.15, 0.2) is 23.1 Å². The molecular formula is C13H19N3O2. The van der Waals surface area contributed by atoms with Gasteiger partial charge in [-0.05, 0) is 18.4 Å². The van der Waals surface area contributed by atoms with Gasteiger partial charge in [0.2, 0.25) is 0 Å². The van der Waals surface area contributed by atoms with Gasteiger partial charge in [0.25, 0.3) is 11.5 Å². The highest BCUT2D eigenvalue weighted by atomic mass is 16.2. The summed E-state index contributed by atoms with van der Waals surface area (Å²) in [4.78, 5) is 25.5. The van der Waals surface area contributed by atoms with Crippen molar-refractivity contribution in [1.29, 1.82) is 0 Å². The molecular weight excluding hydrogens is 230 g/mol. The molecule has 2 atom stereocenters. The predicted molar refractivity (Wildman–Crippen MR) is 69.3 cm³/mol. The molecule has 2 N–H and O–H groups in total. The molecule has 5 nitrogen and oxygen atoms in total. The number of hydrogen-bond donors (Lipinski definition) is 1. The number of nitrogens with zero attached hydrogens (tertiary/aromatic N) is 2. The summed E-state index contributed by atoms with van der Waals surface area (Å²) in [5.74, 6) is 0.305. The van der Waals surface area contributed by atoms with Gasteiger partial charge in [0.05, 0.1) is 0 Å². The summed E-state index contributed by atoms with van der Waals surface area (Å²) in [5, 5.41) is 0. The highest BCUT2D eigenvalue weighted by Crippen LogP contribution is 2.16. The Morgan fingerprint density at radius 1 is 1.44 bits per heavy atom. The van der Waals surface area contributed by atoms with E-state index in [1.54, 1.807) is 24.2 Å². The van der Waals surface area contributed by atoms with Gasteiger partial charge >= 0.3 is 0 Å². The SMILES string of the molecule is CC1CC(N)CN(C(=O)c2ccn(C)c(=O)c2)C1. The van der Waals surface area contributed by atoms with Crippen LogP contribution in [-0.4, -0.2) is 34.5 Å². The Morgan fingerprint density at radius 2 is 2.17 bits per heavy atom. The molecule has 18 heavy (non-hydrogen) atoms. The molecule has 0 spiro atoms. The van der Waals surface area contributed by atoms with Gasteiger partial charge in [-0.15, -0.1) is 0 Å². The monoisotopic (exact) mass is 249 g/mol. The first kappa shape index (κ1) is 12.8. The number of amides is 1. The van der Waals surface area contributed by atoms with Gasteiger partial charge in [-0.3, -0.25) is 9.59 Å². The van der Waals surface area contributed by atoms with Crippen molar-refractivity contribution in [2.24, 2.45) is 18.7 Å². The Labute approximate surface area is 106 Å². The van der Waals surface area contributed by atoms with Crippen LogP contribution in [0.2, 0.25) is 0 Å². The normalized spacial score (nSPS) is 24.1. The number of likely N-dealkylation sites (tertiary alicyclic amines) is 1. The first-order valence-corrected chi connectivity index (χ1v) is 6.19. The van der Waals surface area contributed by atoms with Crippen LogP contribution in [0.25, 0.3) is 0 Å².